The smallest absolute Gasteiger partial charge is 0.313 e. The molecule has 1 N–H and O–H groups in total. The first-order valence-corrected chi connectivity index (χ1v) is 13.9. The van der Waals surface area contributed by atoms with Crippen molar-refractivity contribution in [2.24, 2.45) is 5.41 Å². The van der Waals surface area contributed by atoms with E-state index in [-0.39, 0.29) is 36.1 Å². The molecule has 4 rings (SSSR count). The zero-order valence-electron chi connectivity index (χ0n) is 21.0. The predicted molar refractivity (Wildman–Crippen MR) is 140 cm³/mol. The van der Waals surface area contributed by atoms with Crippen molar-refractivity contribution in [2.75, 3.05) is 31.6 Å². The number of hydrogen-bond donors (Lipinski definition) is 1. The molecule has 12 nitrogen and oxygen atoms in total. The van der Waals surface area contributed by atoms with Crippen LogP contribution in [0.25, 0.3) is 11.4 Å². The number of rotatable bonds is 7. The van der Waals surface area contributed by atoms with Gasteiger partial charge in [-0.3, -0.25) is 9.59 Å². The standard InChI is InChI=1S/C24H27BrN6O6S/c1-24(2,3)23(33)37-15-31-28-21(27-29-31)19-14-17(25)7-8-20(19)26-22(32)16-5-4-6-18(13-16)38(34,35)30-9-11-36-12-10-30/h4-8,13-14H,9-12,15H2,1-3H3,(H,26,32). The Labute approximate surface area is 228 Å². The number of nitrogens with zero attached hydrogens (tertiary/aromatic N) is 5. The molecular formula is C24H27BrN6O6S. The fraction of sp³-hybridized carbons (Fsp3) is 0.375. The molecule has 38 heavy (non-hydrogen) atoms. The number of nitrogens with one attached hydrogen (secondary N) is 1. The van der Waals surface area contributed by atoms with Crippen molar-refractivity contribution in [3.8, 4) is 11.4 Å². The van der Waals surface area contributed by atoms with E-state index in [0.717, 1.165) is 4.80 Å². The molecule has 14 heteroatoms. The minimum atomic E-state index is -3.77. The van der Waals surface area contributed by atoms with Crippen LogP contribution in [0.3, 0.4) is 0 Å². The van der Waals surface area contributed by atoms with Gasteiger partial charge in [0.25, 0.3) is 5.91 Å². The summed E-state index contributed by atoms with van der Waals surface area (Å²) >= 11 is 3.41. The number of morpholine rings is 1. The zero-order chi connectivity index (χ0) is 27.5. The average Bonchev–Trinajstić information content (AvgIpc) is 3.37. The SMILES string of the molecule is CC(C)(C)C(=O)OCn1nnc(-c2cc(Br)ccc2NC(=O)c2cccc(S(=O)(=O)N3CCOCC3)c2)n1. The Morgan fingerprint density at radius 3 is 2.58 bits per heavy atom. The number of sulfonamides is 1. The number of anilines is 1. The Kier molecular flexibility index (Phi) is 8.25. The quantitative estimate of drug-likeness (QED) is 0.401. The van der Waals surface area contributed by atoms with Crippen molar-refractivity contribution in [1.82, 2.24) is 24.5 Å². The lowest BCUT2D eigenvalue weighted by atomic mass is 9.98. The largest absolute Gasteiger partial charge is 0.440 e. The second kappa shape index (κ2) is 11.3. The summed E-state index contributed by atoms with van der Waals surface area (Å²) in [5.41, 5.74) is 0.326. The third-order valence-electron chi connectivity index (χ3n) is 5.55. The molecule has 1 amide bonds. The Hall–Kier alpha value is -3.20. The van der Waals surface area contributed by atoms with Crippen LogP contribution in [0.2, 0.25) is 0 Å². The van der Waals surface area contributed by atoms with E-state index >= 15 is 0 Å². The number of carbonyl (C=O) groups is 2. The first kappa shape index (κ1) is 27.8. The van der Waals surface area contributed by atoms with Gasteiger partial charge in [-0.15, -0.1) is 15.0 Å². The van der Waals surface area contributed by atoms with Gasteiger partial charge in [0.05, 0.1) is 29.2 Å². The van der Waals surface area contributed by atoms with Gasteiger partial charge in [0.2, 0.25) is 22.6 Å². The Morgan fingerprint density at radius 2 is 1.87 bits per heavy atom. The van der Waals surface area contributed by atoms with Crippen LogP contribution in [0.1, 0.15) is 31.1 Å². The third-order valence-corrected chi connectivity index (χ3v) is 7.94. The summed E-state index contributed by atoms with van der Waals surface area (Å²) < 4.78 is 38.6. The van der Waals surface area contributed by atoms with Gasteiger partial charge in [-0.05, 0) is 62.4 Å². The molecule has 1 saturated heterocycles. The number of halogens is 1. The van der Waals surface area contributed by atoms with Crippen molar-refractivity contribution in [1.29, 1.82) is 0 Å². The second-order valence-corrected chi connectivity index (χ2v) is 12.3. The Morgan fingerprint density at radius 1 is 1.13 bits per heavy atom. The Balaban J connectivity index is 1.54. The van der Waals surface area contributed by atoms with Gasteiger partial charge in [-0.1, -0.05) is 22.0 Å². The molecule has 0 aliphatic carbocycles. The number of amides is 1. The number of carbonyl (C=O) groups excluding carboxylic acids is 2. The molecule has 2 heterocycles. The molecule has 1 aliphatic heterocycles. The molecule has 1 aliphatic rings. The van der Waals surface area contributed by atoms with E-state index < -0.39 is 27.3 Å². The lowest BCUT2D eigenvalue weighted by molar-refractivity contribution is -0.157. The van der Waals surface area contributed by atoms with Crippen molar-refractivity contribution in [3.63, 3.8) is 0 Å². The summed E-state index contributed by atoms with van der Waals surface area (Å²) in [6, 6.07) is 11.0. The lowest BCUT2D eigenvalue weighted by Gasteiger charge is -2.26. The van der Waals surface area contributed by atoms with E-state index in [1.807, 2.05) is 0 Å². The molecule has 0 unspecified atom stereocenters. The number of tetrazole rings is 1. The maximum Gasteiger partial charge on any atom is 0.313 e. The summed E-state index contributed by atoms with van der Waals surface area (Å²) in [5, 5.41) is 15.0. The van der Waals surface area contributed by atoms with E-state index in [2.05, 4.69) is 36.7 Å². The van der Waals surface area contributed by atoms with E-state index in [9.17, 15) is 18.0 Å². The first-order valence-electron chi connectivity index (χ1n) is 11.7. The van der Waals surface area contributed by atoms with Crippen molar-refractivity contribution < 1.29 is 27.5 Å². The number of benzene rings is 2. The molecule has 0 bridgehead atoms. The van der Waals surface area contributed by atoms with Gasteiger partial charge in [-0.25, -0.2) is 8.42 Å². The Bertz CT molecular complexity index is 1450. The number of aromatic nitrogens is 4. The number of ether oxygens (including phenoxy) is 2. The summed E-state index contributed by atoms with van der Waals surface area (Å²) in [7, 11) is -3.77. The van der Waals surface area contributed by atoms with Gasteiger partial charge in [0.1, 0.15) is 0 Å². The monoisotopic (exact) mass is 606 g/mol. The lowest BCUT2D eigenvalue weighted by Crippen LogP contribution is -2.40. The third kappa shape index (κ3) is 6.43. The minimum Gasteiger partial charge on any atom is -0.440 e. The highest BCUT2D eigenvalue weighted by Gasteiger charge is 2.27. The van der Waals surface area contributed by atoms with Crippen LogP contribution in [0.4, 0.5) is 5.69 Å². The van der Waals surface area contributed by atoms with Crippen molar-refractivity contribution in [2.45, 2.75) is 32.4 Å². The molecule has 3 aromatic rings. The summed E-state index contributed by atoms with van der Waals surface area (Å²) in [5.74, 6) is -0.735. The van der Waals surface area contributed by atoms with E-state index in [1.165, 1.54) is 28.6 Å². The van der Waals surface area contributed by atoms with E-state index in [0.29, 0.717) is 28.9 Å². The van der Waals surface area contributed by atoms with Crippen molar-refractivity contribution >= 4 is 43.5 Å². The molecule has 0 spiro atoms. The molecule has 0 saturated carbocycles. The number of esters is 1. The summed E-state index contributed by atoms with van der Waals surface area (Å²) in [4.78, 5) is 26.3. The normalized spacial score (nSPS) is 14.7. The van der Waals surface area contributed by atoms with Crippen LogP contribution in [-0.4, -0.2) is 71.1 Å². The molecular weight excluding hydrogens is 580 g/mol. The highest BCUT2D eigenvalue weighted by Crippen LogP contribution is 2.29. The number of hydrogen-bond acceptors (Lipinski definition) is 9. The fourth-order valence-electron chi connectivity index (χ4n) is 3.48. The van der Waals surface area contributed by atoms with Gasteiger partial charge < -0.3 is 14.8 Å². The molecule has 202 valence electrons. The fourth-order valence-corrected chi connectivity index (χ4v) is 5.29. The highest BCUT2D eigenvalue weighted by molar-refractivity contribution is 9.10. The molecule has 0 radical (unpaired) electrons. The maximum absolute atomic E-state index is 13.1. The van der Waals surface area contributed by atoms with E-state index in [4.69, 9.17) is 9.47 Å². The maximum atomic E-state index is 13.1. The van der Waals surface area contributed by atoms with Crippen LogP contribution in [0, 0.1) is 5.41 Å². The van der Waals surface area contributed by atoms with Crippen molar-refractivity contribution in [3.05, 3.63) is 52.5 Å². The minimum absolute atomic E-state index is 0.0255. The van der Waals surface area contributed by atoms with Crippen LogP contribution in [0.5, 0.6) is 0 Å². The van der Waals surface area contributed by atoms with Crippen LogP contribution in [0.15, 0.2) is 51.8 Å². The molecule has 2 aromatic carbocycles. The molecule has 1 aromatic heterocycles. The van der Waals surface area contributed by atoms with Crippen LogP contribution < -0.4 is 5.32 Å². The topological polar surface area (TPSA) is 146 Å². The van der Waals surface area contributed by atoms with Crippen LogP contribution >= 0.6 is 15.9 Å². The molecule has 1 fully saturated rings. The average molecular weight is 607 g/mol. The van der Waals surface area contributed by atoms with E-state index in [1.54, 1.807) is 39.0 Å². The predicted octanol–water partition coefficient (Wildman–Crippen LogP) is 2.92. The summed E-state index contributed by atoms with van der Waals surface area (Å²) in [6.07, 6.45) is 0. The zero-order valence-corrected chi connectivity index (χ0v) is 23.5. The van der Waals surface area contributed by atoms with Gasteiger partial charge >= 0.3 is 5.97 Å². The second-order valence-electron chi connectivity index (χ2n) is 9.48. The van der Waals surface area contributed by atoms with Crippen LogP contribution in [-0.2, 0) is 31.0 Å². The highest BCUT2D eigenvalue weighted by atomic mass is 79.9. The van der Waals surface area contributed by atoms with Gasteiger partial charge in [-0.2, -0.15) is 4.31 Å². The first-order chi connectivity index (χ1) is 17.9. The van der Waals surface area contributed by atoms with Gasteiger partial charge in [0, 0.05) is 28.7 Å². The molecule has 0 atom stereocenters. The van der Waals surface area contributed by atoms with Gasteiger partial charge in [0.15, 0.2) is 0 Å². The summed E-state index contributed by atoms with van der Waals surface area (Å²) in [6.45, 7) is 6.14.